The van der Waals surface area contributed by atoms with Crippen LogP contribution in [0.4, 0.5) is 0 Å². The van der Waals surface area contributed by atoms with Crippen LogP contribution in [0.3, 0.4) is 0 Å². The number of carbonyl (C=O) groups is 1. The zero-order chi connectivity index (χ0) is 16.3. The topological polar surface area (TPSA) is 82.8 Å². The molecule has 1 heterocycles. The number of aromatic nitrogens is 1. The van der Waals surface area contributed by atoms with E-state index in [1.165, 1.54) is 43.0 Å². The van der Waals surface area contributed by atoms with Crippen molar-refractivity contribution in [1.82, 2.24) is 9.47 Å². The summed E-state index contributed by atoms with van der Waals surface area (Å²) in [7, 11) is 2.00. The van der Waals surface area contributed by atoms with E-state index in [2.05, 4.69) is 4.90 Å². The van der Waals surface area contributed by atoms with Crippen LogP contribution in [0.25, 0.3) is 0 Å². The maximum absolute atomic E-state index is 11.7. The van der Waals surface area contributed by atoms with Gasteiger partial charge in [0.15, 0.2) is 5.75 Å². The van der Waals surface area contributed by atoms with Gasteiger partial charge in [0, 0.05) is 24.3 Å². The van der Waals surface area contributed by atoms with Crippen LogP contribution in [0.1, 0.15) is 50.8 Å². The van der Waals surface area contributed by atoms with Gasteiger partial charge in [0.25, 0.3) is 0 Å². The Morgan fingerprint density at radius 3 is 2.64 bits per heavy atom. The smallest absolute Gasteiger partial charge is 0.326 e. The van der Waals surface area contributed by atoms with Crippen LogP contribution >= 0.6 is 0 Å². The molecule has 0 aliphatic heterocycles. The van der Waals surface area contributed by atoms with Crippen molar-refractivity contribution in [1.29, 1.82) is 0 Å². The Labute approximate surface area is 130 Å². The summed E-state index contributed by atoms with van der Waals surface area (Å²) in [4.78, 5) is 25.1. The molecule has 1 atom stereocenters. The van der Waals surface area contributed by atoms with Crippen molar-refractivity contribution in [3.63, 3.8) is 0 Å². The molecule has 1 aliphatic carbocycles. The number of hydrogen-bond acceptors (Lipinski definition) is 4. The van der Waals surface area contributed by atoms with Crippen LogP contribution < -0.4 is 5.43 Å². The second-order valence-electron chi connectivity index (χ2n) is 6.14. The lowest BCUT2D eigenvalue weighted by molar-refractivity contribution is -0.140. The summed E-state index contributed by atoms with van der Waals surface area (Å²) >= 11 is 0. The lowest BCUT2D eigenvalue weighted by Gasteiger charge is -2.32. The van der Waals surface area contributed by atoms with E-state index >= 15 is 0 Å². The molecule has 1 aromatic rings. The fraction of sp³-hybridized carbons (Fsp3) is 0.625. The third kappa shape index (κ3) is 3.68. The molecular formula is C16H24N2O4. The molecule has 1 fully saturated rings. The van der Waals surface area contributed by atoms with E-state index in [0.29, 0.717) is 18.3 Å². The minimum Gasteiger partial charge on any atom is -0.503 e. The van der Waals surface area contributed by atoms with Crippen molar-refractivity contribution >= 4 is 5.97 Å². The number of pyridine rings is 1. The predicted molar refractivity (Wildman–Crippen MR) is 83.1 cm³/mol. The van der Waals surface area contributed by atoms with E-state index in [1.54, 1.807) is 0 Å². The first-order chi connectivity index (χ1) is 10.4. The Kier molecular flexibility index (Phi) is 5.24. The molecule has 1 unspecified atom stereocenters. The summed E-state index contributed by atoms with van der Waals surface area (Å²) in [6.07, 6.45) is 7.18. The van der Waals surface area contributed by atoms with E-state index in [4.69, 9.17) is 0 Å². The number of rotatable bonds is 5. The third-order valence-corrected chi connectivity index (χ3v) is 4.53. The number of hydrogen-bond donors (Lipinski definition) is 2. The van der Waals surface area contributed by atoms with Crippen molar-refractivity contribution in [2.24, 2.45) is 0 Å². The van der Waals surface area contributed by atoms with Gasteiger partial charge in [0.05, 0.1) is 6.20 Å². The minimum atomic E-state index is -0.996. The number of carboxylic acids is 1. The molecule has 0 amide bonds. The van der Waals surface area contributed by atoms with Crippen LogP contribution in [0, 0.1) is 0 Å². The van der Waals surface area contributed by atoms with Gasteiger partial charge in [-0.2, -0.15) is 0 Å². The van der Waals surface area contributed by atoms with Gasteiger partial charge in [-0.05, 0) is 26.8 Å². The third-order valence-electron chi connectivity index (χ3n) is 4.53. The van der Waals surface area contributed by atoms with Crippen LogP contribution in [-0.4, -0.2) is 38.7 Å². The predicted octanol–water partition coefficient (Wildman–Crippen LogP) is 1.96. The zero-order valence-electron chi connectivity index (χ0n) is 13.2. The maximum atomic E-state index is 11.7. The number of nitrogens with zero attached hydrogens (tertiary/aromatic N) is 2. The Bertz CT molecular complexity index is 590. The largest absolute Gasteiger partial charge is 0.503 e. The highest BCUT2D eigenvalue weighted by atomic mass is 16.4. The first kappa shape index (κ1) is 16.5. The van der Waals surface area contributed by atoms with Crippen molar-refractivity contribution in [2.75, 3.05) is 7.05 Å². The normalized spacial score (nSPS) is 17.6. The van der Waals surface area contributed by atoms with E-state index in [9.17, 15) is 19.8 Å². The SMILES string of the molecule is CC(C(=O)O)n1cc(O)c(=O)cc1CN(C)C1CCCCC1. The summed E-state index contributed by atoms with van der Waals surface area (Å²) in [5, 5.41) is 18.8. The van der Waals surface area contributed by atoms with Crippen molar-refractivity contribution in [2.45, 2.75) is 57.7 Å². The van der Waals surface area contributed by atoms with Crippen molar-refractivity contribution in [3.8, 4) is 5.75 Å². The minimum absolute atomic E-state index is 0.419. The molecule has 1 aromatic heterocycles. The molecule has 1 aliphatic rings. The zero-order valence-corrected chi connectivity index (χ0v) is 13.2. The van der Waals surface area contributed by atoms with Gasteiger partial charge in [-0.3, -0.25) is 9.69 Å². The fourth-order valence-corrected chi connectivity index (χ4v) is 3.09. The molecule has 2 N–H and O–H groups in total. The second-order valence-corrected chi connectivity index (χ2v) is 6.14. The molecular weight excluding hydrogens is 284 g/mol. The lowest BCUT2D eigenvalue weighted by Crippen LogP contribution is -2.34. The van der Waals surface area contributed by atoms with Crippen LogP contribution in [0.15, 0.2) is 17.1 Å². The molecule has 0 bridgehead atoms. The van der Waals surface area contributed by atoms with E-state index in [0.717, 1.165) is 12.8 Å². The van der Waals surface area contributed by atoms with Crippen LogP contribution in [0.5, 0.6) is 5.75 Å². The van der Waals surface area contributed by atoms with Gasteiger partial charge in [0.2, 0.25) is 5.43 Å². The average molecular weight is 308 g/mol. The summed E-state index contributed by atoms with van der Waals surface area (Å²) in [6.45, 7) is 2.04. The average Bonchev–Trinajstić information content (AvgIpc) is 2.50. The van der Waals surface area contributed by atoms with Crippen LogP contribution in [0.2, 0.25) is 0 Å². The maximum Gasteiger partial charge on any atom is 0.326 e. The molecule has 1 saturated carbocycles. The van der Waals surface area contributed by atoms with Gasteiger partial charge in [-0.15, -0.1) is 0 Å². The lowest BCUT2D eigenvalue weighted by atomic mass is 9.94. The Morgan fingerprint density at radius 1 is 1.41 bits per heavy atom. The second kappa shape index (κ2) is 6.96. The van der Waals surface area contributed by atoms with Gasteiger partial charge in [0.1, 0.15) is 6.04 Å². The molecule has 22 heavy (non-hydrogen) atoms. The highest BCUT2D eigenvalue weighted by molar-refractivity contribution is 5.71. The quantitative estimate of drug-likeness (QED) is 0.869. The molecule has 0 aromatic carbocycles. The summed E-state index contributed by atoms with van der Waals surface area (Å²) in [6, 6.07) is 0.973. The molecule has 6 nitrogen and oxygen atoms in total. The molecule has 0 spiro atoms. The Balaban J connectivity index is 2.26. The van der Waals surface area contributed by atoms with E-state index in [-0.39, 0.29) is 0 Å². The Morgan fingerprint density at radius 2 is 2.05 bits per heavy atom. The van der Waals surface area contributed by atoms with E-state index < -0.39 is 23.2 Å². The van der Waals surface area contributed by atoms with Crippen molar-refractivity contribution in [3.05, 3.63) is 28.2 Å². The highest BCUT2D eigenvalue weighted by Crippen LogP contribution is 2.23. The van der Waals surface area contributed by atoms with Gasteiger partial charge in [-0.25, -0.2) is 4.79 Å². The van der Waals surface area contributed by atoms with Gasteiger partial charge >= 0.3 is 5.97 Å². The first-order valence-electron chi connectivity index (χ1n) is 7.77. The molecule has 122 valence electrons. The summed E-state index contributed by atoms with van der Waals surface area (Å²) in [5.74, 6) is -1.42. The standard InChI is InChI=1S/C16H24N2O4/c1-11(16(21)22)18-10-15(20)14(19)8-13(18)9-17(2)12-6-4-3-5-7-12/h8,10-12,20H,3-7,9H2,1-2H3,(H,21,22). The van der Waals surface area contributed by atoms with Gasteiger partial charge in [-0.1, -0.05) is 19.3 Å². The van der Waals surface area contributed by atoms with Crippen molar-refractivity contribution < 1.29 is 15.0 Å². The first-order valence-corrected chi connectivity index (χ1v) is 7.77. The molecule has 6 heteroatoms. The number of aliphatic carboxylic acids is 1. The number of aromatic hydroxyl groups is 1. The highest BCUT2D eigenvalue weighted by Gasteiger charge is 2.22. The van der Waals surface area contributed by atoms with Gasteiger partial charge < -0.3 is 14.8 Å². The molecule has 2 rings (SSSR count). The monoisotopic (exact) mass is 308 g/mol. The van der Waals surface area contributed by atoms with E-state index in [1.807, 2.05) is 7.05 Å². The summed E-state index contributed by atoms with van der Waals surface area (Å²) in [5.41, 5.74) is 0.145. The Hall–Kier alpha value is -1.82. The van der Waals surface area contributed by atoms with Crippen LogP contribution in [-0.2, 0) is 11.3 Å². The molecule has 0 radical (unpaired) electrons. The summed E-state index contributed by atoms with van der Waals surface area (Å²) < 4.78 is 1.47. The fourth-order valence-electron chi connectivity index (χ4n) is 3.09. The number of carboxylic acid groups (broad SMARTS) is 1. The molecule has 0 saturated heterocycles.